The van der Waals surface area contributed by atoms with Gasteiger partial charge in [-0.15, -0.1) is 0 Å². The van der Waals surface area contributed by atoms with Gasteiger partial charge in [0.25, 0.3) is 0 Å². The summed E-state index contributed by atoms with van der Waals surface area (Å²) >= 11 is 0. The Morgan fingerprint density at radius 1 is 1.19 bits per heavy atom. The average molecular weight is 420 g/mol. The molecule has 0 bridgehead atoms. The highest BCUT2D eigenvalue weighted by atomic mass is 16.5. The lowest BCUT2D eigenvalue weighted by molar-refractivity contribution is -0.133. The number of piperidine rings is 1. The molecule has 31 heavy (non-hydrogen) atoms. The van der Waals surface area contributed by atoms with E-state index in [9.17, 15) is 4.79 Å². The first-order valence-corrected chi connectivity index (χ1v) is 11.6. The van der Waals surface area contributed by atoms with Crippen LogP contribution in [0.15, 0.2) is 28.9 Å². The standard InChI is InChI=1S/C24H29N5O2/c1-24(8-9-24)13-21(30)28-10-6-17(7-11-28)23-26-22(27-31-23)18-4-5-19-14-25-29(20(19)12-18)15-16-2-3-16/h4-5,12,14,16-17H,2-3,6-11,13,15H2,1H3. The second-order valence-electron chi connectivity index (χ2n) is 10.1. The van der Waals surface area contributed by atoms with Crippen molar-refractivity contribution in [2.75, 3.05) is 13.1 Å². The van der Waals surface area contributed by atoms with Crippen molar-refractivity contribution in [2.45, 2.75) is 64.3 Å². The summed E-state index contributed by atoms with van der Waals surface area (Å²) in [6.07, 6.45) is 9.39. The number of carbonyl (C=O) groups is 1. The topological polar surface area (TPSA) is 77.1 Å². The van der Waals surface area contributed by atoms with Gasteiger partial charge in [0.15, 0.2) is 0 Å². The molecule has 1 aromatic carbocycles. The molecule has 7 nitrogen and oxygen atoms in total. The van der Waals surface area contributed by atoms with E-state index in [0.717, 1.165) is 54.9 Å². The van der Waals surface area contributed by atoms with E-state index in [-0.39, 0.29) is 11.3 Å². The van der Waals surface area contributed by atoms with Gasteiger partial charge >= 0.3 is 0 Å². The van der Waals surface area contributed by atoms with Crippen molar-refractivity contribution in [3.63, 3.8) is 0 Å². The number of amides is 1. The van der Waals surface area contributed by atoms with Gasteiger partial charge in [0.2, 0.25) is 17.6 Å². The van der Waals surface area contributed by atoms with Crippen LogP contribution in [0.2, 0.25) is 0 Å². The first kappa shape index (κ1) is 19.0. The Morgan fingerprint density at radius 2 is 2.00 bits per heavy atom. The summed E-state index contributed by atoms with van der Waals surface area (Å²) in [7, 11) is 0. The molecule has 0 spiro atoms. The third kappa shape index (κ3) is 3.86. The van der Waals surface area contributed by atoms with E-state index in [2.05, 4.69) is 34.0 Å². The van der Waals surface area contributed by atoms with Gasteiger partial charge in [-0.25, -0.2) is 0 Å². The van der Waals surface area contributed by atoms with Crippen LogP contribution in [0.1, 0.15) is 63.7 Å². The van der Waals surface area contributed by atoms with Crippen molar-refractivity contribution >= 4 is 16.8 Å². The second kappa shape index (κ2) is 7.18. The monoisotopic (exact) mass is 419 g/mol. The Morgan fingerprint density at radius 3 is 2.74 bits per heavy atom. The Kier molecular flexibility index (Phi) is 4.40. The van der Waals surface area contributed by atoms with Gasteiger partial charge in [-0.1, -0.05) is 24.2 Å². The molecular formula is C24H29N5O2. The zero-order valence-corrected chi connectivity index (χ0v) is 18.1. The van der Waals surface area contributed by atoms with E-state index in [4.69, 9.17) is 9.51 Å². The van der Waals surface area contributed by atoms with Crippen LogP contribution in [0.4, 0.5) is 0 Å². The SMILES string of the molecule is CC1(CC(=O)N2CCC(c3nc(-c4ccc5cnn(CC6CC6)c5c4)no3)CC2)CC1. The van der Waals surface area contributed by atoms with E-state index in [0.29, 0.717) is 24.0 Å². The molecule has 0 N–H and O–H groups in total. The predicted molar refractivity (Wildman–Crippen MR) is 116 cm³/mol. The normalized spacial score (nSPS) is 21.0. The van der Waals surface area contributed by atoms with E-state index in [1.807, 2.05) is 17.2 Å². The number of likely N-dealkylation sites (tertiary alicyclic amines) is 1. The molecule has 0 unspecified atom stereocenters. The van der Waals surface area contributed by atoms with Crippen molar-refractivity contribution in [1.29, 1.82) is 0 Å². The highest BCUT2D eigenvalue weighted by Crippen LogP contribution is 2.48. The van der Waals surface area contributed by atoms with Gasteiger partial charge in [0, 0.05) is 42.9 Å². The third-order valence-corrected chi connectivity index (χ3v) is 7.35. The molecule has 2 aromatic heterocycles. The molecule has 1 amide bonds. The predicted octanol–water partition coefficient (Wildman–Crippen LogP) is 4.39. The molecule has 3 fully saturated rings. The number of hydrogen-bond donors (Lipinski definition) is 0. The molecule has 162 valence electrons. The minimum Gasteiger partial charge on any atom is -0.343 e. The molecule has 1 saturated heterocycles. The Balaban J connectivity index is 1.14. The summed E-state index contributed by atoms with van der Waals surface area (Å²) < 4.78 is 7.76. The lowest BCUT2D eigenvalue weighted by Gasteiger charge is -2.31. The van der Waals surface area contributed by atoms with Crippen LogP contribution in [-0.4, -0.2) is 43.8 Å². The quantitative estimate of drug-likeness (QED) is 0.592. The summed E-state index contributed by atoms with van der Waals surface area (Å²) in [6.45, 7) is 4.77. The minimum atomic E-state index is 0.228. The van der Waals surface area contributed by atoms with E-state index < -0.39 is 0 Å². The highest BCUT2D eigenvalue weighted by molar-refractivity contribution is 5.83. The second-order valence-corrected chi connectivity index (χ2v) is 10.1. The van der Waals surface area contributed by atoms with E-state index in [1.165, 1.54) is 25.7 Å². The van der Waals surface area contributed by atoms with Gasteiger partial charge in [-0.3, -0.25) is 9.48 Å². The van der Waals surface area contributed by atoms with Crippen LogP contribution < -0.4 is 0 Å². The Labute approximate surface area is 181 Å². The average Bonchev–Trinajstić information content (AvgIpc) is 3.64. The lowest BCUT2D eigenvalue weighted by Crippen LogP contribution is -2.38. The van der Waals surface area contributed by atoms with Crippen molar-refractivity contribution < 1.29 is 9.32 Å². The van der Waals surface area contributed by atoms with Crippen molar-refractivity contribution in [2.24, 2.45) is 11.3 Å². The Bertz CT molecular complexity index is 1120. The molecule has 2 aliphatic carbocycles. The molecule has 0 atom stereocenters. The van der Waals surface area contributed by atoms with Crippen LogP contribution in [0.25, 0.3) is 22.3 Å². The van der Waals surface area contributed by atoms with Crippen LogP contribution in [0.5, 0.6) is 0 Å². The number of hydrogen-bond acceptors (Lipinski definition) is 5. The largest absolute Gasteiger partial charge is 0.343 e. The van der Waals surface area contributed by atoms with Gasteiger partial charge in [-0.2, -0.15) is 10.1 Å². The van der Waals surface area contributed by atoms with Gasteiger partial charge in [-0.05, 0) is 55.9 Å². The molecule has 3 aromatic rings. The summed E-state index contributed by atoms with van der Waals surface area (Å²) in [5, 5.41) is 9.97. The van der Waals surface area contributed by atoms with Crippen LogP contribution in [-0.2, 0) is 11.3 Å². The highest BCUT2D eigenvalue weighted by Gasteiger charge is 2.40. The number of rotatable bonds is 6. The van der Waals surface area contributed by atoms with Gasteiger partial charge in [0.1, 0.15) is 0 Å². The number of fused-ring (bicyclic) bond motifs is 1. The van der Waals surface area contributed by atoms with Crippen LogP contribution in [0.3, 0.4) is 0 Å². The van der Waals surface area contributed by atoms with Gasteiger partial charge < -0.3 is 9.42 Å². The molecule has 3 heterocycles. The molecule has 7 heteroatoms. The summed E-state index contributed by atoms with van der Waals surface area (Å²) in [5.41, 5.74) is 2.36. The maximum absolute atomic E-state index is 12.5. The lowest BCUT2D eigenvalue weighted by atomic mass is 9.95. The molecular weight excluding hydrogens is 390 g/mol. The van der Waals surface area contributed by atoms with Crippen LogP contribution in [0, 0.1) is 11.3 Å². The molecule has 2 saturated carbocycles. The molecule has 0 radical (unpaired) electrons. The smallest absolute Gasteiger partial charge is 0.230 e. The third-order valence-electron chi connectivity index (χ3n) is 7.35. The summed E-state index contributed by atoms with van der Waals surface area (Å²) in [4.78, 5) is 19.3. The van der Waals surface area contributed by atoms with Crippen molar-refractivity contribution in [3.05, 3.63) is 30.3 Å². The molecule has 1 aliphatic heterocycles. The van der Waals surface area contributed by atoms with Gasteiger partial charge in [0.05, 0.1) is 11.7 Å². The van der Waals surface area contributed by atoms with E-state index >= 15 is 0 Å². The number of nitrogens with zero attached hydrogens (tertiary/aromatic N) is 5. The van der Waals surface area contributed by atoms with Crippen molar-refractivity contribution in [1.82, 2.24) is 24.8 Å². The first-order valence-electron chi connectivity index (χ1n) is 11.6. The zero-order chi connectivity index (χ0) is 21.0. The molecule has 6 rings (SSSR count). The fraction of sp³-hybridized carbons (Fsp3) is 0.583. The Hall–Kier alpha value is -2.70. The van der Waals surface area contributed by atoms with Crippen LogP contribution >= 0.6 is 0 Å². The summed E-state index contributed by atoms with van der Waals surface area (Å²) in [6, 6.07) is 6.25. The first-order chi connectivity index (χ1) is 15.1. The zero-order valence-electron chi connectivity index (χ0n) is 18.1. The number of carbonyl (C=O) groups excluding carboxylic acids is 1. The molecule has 3 aliphatic rings. The maximum Gasteiger partial charge on any atom is 0.230 e. The van der Waals surface area contributed by atoms with Crippen molar-refractivity contribution in [3.8, 4) is 11.4 Å². The number of aromatic nitrogens is 4. The summed E-state index contributed by atoms with van der Waals surface area (Å²) in [5.74, 6) is 2.64. The fourth-order valence-electron chi connectivity index (χ4n) is 4.66. The minimum absolute atomic E-state index is 0.228. The van der Waals surface area contributed by atoms with E-state index in [1.54, 1.807) is 0 Å². The number of benzene rings is 1. The fourth-order valence-corrected chi connectivity index (χ4v) is 4.66. The maximum atomic E-state index is 12.5.